The molecular weight excluding hydrogens is 296 g/mol. The van der Waals surface area contributed by atoms with E-state index in [0.29, 0.717) is 5.52 Å². The fourth-order valence-electron chi connectivity index (χ4n) is 1.89. The summed E-state index contributed by atoms with van der Waals surface area (Å²) in [5, 5.41) is 2.32. The fraction of sp³-hybridized carbons (Fsp3) is 0. The average molecular weight is 305 g/mol. The molecule has 3 aromatic rings. The Morgan fingerprint density at radius 3 is 2.86 bits per heavy atom. The SMILES string of the molecule is Nc1c(C(=O)Nc2cc(F)ccc2F)sc2cccnc12. The Hall–Kier alpha value is -2.54. The van der Waals surface area contributed by atoms with Crippen LogP contribution in [-0.2, 0) is 0 Å². The van der Waals surface area contributed by atoms with Crippen molar-refractivity contribution in [1.29, 1.82) is 0 Å². The number of amides is 1. The molecule has 0 saturated carbocycles. The van der Waals surface area contributed by atoms with Crippen molar-refractivity contribution in [3.63, 3.8) is 0 Å². The van der Waals surface area contributed by atoms with E-state index in [2.05, 4.69) is 10.3 Å². The van der Waals surface area contributed by atoms with E-state index in [-0.39, 0.29) is 16.3 Å². The maximum absolute atomic E-state index is 13.5. The zero-order valence-electron chi connectivity index (χ0n) is 10.6. The smallest absolute Gasteiger partial charge is 0.268 e. The summed E-state index contributed by atoms with van der Waals surface area (Å²) in [6, 6.07) is 6.34. The number of carbonyl (C=O) groups is 1. The highest BCUT2D eigenvalue weighted by molar-refractivity contribution is 7.21. The third-order valence-electron chi connectivity index (χ3n) is 2.87. The largest absolute Gasteiger partial charge is 0.396 e. The van der Waals surface area contributed by atoms with E-state index in [9.17, 15) is 13.6 Å². The van der Waals surface area contributed by atoms with Crippen molar-refractivity contribution >= 4 is 38.8 Å². The van der Waals surface area contributed by atoms with Crippen LogP contribution in [0.4, 0.5) is 20.2 Å². The van der Waals surface area contributed by atoms with Gasteiger partial charge in [-0.05, 0) is 24.3 Å². The minimum absolute atomic E-state index is 0.215. The monoisotopic (exact) mass is 305 g/mol. The Bertz CT molecular complexity index is 847. The van der Waals surface area contributed by atoms with Gasteiger partial charge in [0.25, 0.3) is 5.91 Å². The molecule has 106 valence electrons. The number of rotatable bonds is 2. The molecule has 0 radical (unpaired) electrons. The number of nitrogens with zero attached hydrogens (tertiary/aromatic N) is 1. The van der Waals surface area contributed by atoms with Gasteiger partial charge in [0.1, 0.15) is 22.0 Å². The van der Waals surface area contributed by atoms with Crippen molar-refractivity contribution in [3.8, 4) is 0 Å². The normalized spacial score (nSPS) is 10.8. The van der Waals surface area contributed by atoms with Crippen molar-refractivity contribution < 1.29 is 13.6 Å². The van der Waals surface area contributed by atoms with Gasteiger partial charge in [0, 0.05) is 12.3 Å². The first kappa shape index (κ1) is 13.4. The minimum atomic E-state index is -0.720. The minimum Gasteiger partial charge on any atom is -0.396 e. The van der Waals surface area contributed by atoms with Gasteiger partial charge in [-0.3, -0.25) is 9.78 Å². The van der Waals surface area contributed by atoms with E-state index in [4.69, 9.17) is 5.73 Å². The first-order valence-corrected chi connectivity index (χ1v) is 6.77. The number of halogens is 2. The Kier molecular flexibility index (Phi) is 3.26. The van der Waals surface area contributed by atoms with Crippen LogP contribution in [0.25, 0.3) is 10.2 Å². The first-order valence-electron chi connectivity index (χ1n) is 5.95. The van der Waals surface area contributed by atoms with Crippen molar-refractivity contribution in [3.05, 3.63) is 53.0 Å². The van der Waals surface area contributed by atoms with Crippen LogP contribution in [0.15, 0.2) is 36.5 Å². The second-order valence-corrected chi connectivity index (χ2v) is 5.33. The van der Waals surface area contributed by atoms with Gasteiger partial charge < -0.3 is 11.1 Å². The van der Waals surface area contributed by atoms with Crippen LogP contribution in [0.3, 0.4) is 0 Å². The molecule has 0 spiro atoms. The third-order valence-corrected chi connectivity index (χ3v) is 4.02. The summed E-state index contributed by atoms with van der Waals surface area (Å²) in [4.78, 5) is 16.5. The first-order chi connectivity index (χ1) is 10.1. The van der Waals surface area contributed by atoms with Crippen LogP contribution in [0.5, 0.6) is 0 Å². The number of carbonyl (C=O) groups excluding carboxylic acids is 1. The highest BCUT2D eigenvalue weighted by atomic mass is 32.1. The molecule has 4 nitrogen and oxygen atoms in total. The van der Waals surface area contributed by atoms with Gasteiger partial charge in [0.05, 0.1) is 16.1 Å². The number of pyridine rings is 1. The van der Waals surface area contributed by atoms with E-state index >= 15 is 0 Å². The fourth-order valence-corrected chi connectivity index (χ4v) is 2.86. The maximum Gasteiger partial charge on any atom is 0.268 e. The van der Waals surface area contributed by atoms with Crippen LogP contribution < -0.4 is 11.1 Å². The number of hydrogen-bond acceptors (Lipinski definition) is 4. The van der Waals surface area contributed by atoms with Crippen molar-refractivity contribution in [1.82, 2.24) is 4.98 Å². The Balaban J connectivity index is 1.97. The zero-order chi connectivity index (χ0) is 15.0. The molecule has 7 heteroatoms. The number of hydrogen-bond donors (Lipinski definition) is 2. The number of anilines is 2. The van der Waals surface area contributed by atoms with Crippen LogP contribution in [0.2, 0.25) is 0 Å². The summed E-state index contributed by atoms with van der Waals surface area (Å²) in [6.07, 6.45) is 1.57. The van der Waals surface area contributed by atoms with Gasteiger partial charge in [0.2, 0.25) is 0 Å². The molecule has 0 fully saturated rings. The van der Waals surface area contributed by atoms with Crippen LogP contribution in [0, 0.1) is 11.6 Å². The number of nitrogens with two attached hydrogens (primary N) is 1. The lowest BCUT2D eigenvalue weighted by Crippen LogP contribution is -2.13. The van der Waals surface area contributed by atoms with Crippen molar-refractivity contribution in [2.24, 2.45) is 0 Å². The molecule has 0 saturated heterocycles. The molecule has 3 N–H and O–H groups in total. The zero-order valence-corrected chi connectivity index (χ0v) is 11.4. The van der Waals surface area contributed by atoms with Gasteiger partial charge in [0.15, 0.2) is 0 Å². The lowest BCUT2D eigenvalue weighted by Gasteiger charge is -2.05. The molecule has 2 aromatic heterocycles. The lowest BCUT2D eigenvalue weighted by molar-refractivity contribution is 0.103. The van der Waals surface area contributed by atoms with Crippen molar-refractivity contribution in [2.45, 2.75) is 0 Å². The number of fused-ring (bicyclic) bond motifs is 1. The lowest BCUT2D eigenvalue weighted by atomic mass is 10.2. The second kappa shape index (κ2) is 5.10. The summed E-state index contributed by atoms with van der Waals surface area (Å²) in [7, 11) is 0. The molecule has 0 aliphatic carbocycles. The number of benzene rings is 1. The van der Waals surface area contributed by atoms with Gasteiger partial charge in [-0.25, -0.2) is 8.78 Å². The van der Waals surface area contributed by atoms with Gasteiger partial charge in [-0.15, -0.1) is 11.3 Å². The predicted molar refractivity (Wildman–Crippen MR) is 78.3 cm³/mol. The third kappa shape index (κ3) is 2.43. The second-order valence-electron chi connectivity index (χ2n) is 4.27. The molecule has 21 heavy (non-hydrogen) atoms. The van der Waals surface area contributed by atoms with E-state index in [1.165, 1.54) is 0 Å². The van der Waals surface area contributed by atoms with E-state index in [1.54, 1.807) is 18.3 Å². The highest BCUT2D eigenvalue weighted by Gasteiger charge is 2.18. The molecule has 0 atom stereocenters. The number of thiophene rings is 1. The Morgan fingerprint density at radius 2 is 2.10 bits per heavy atom. The highest BCUT2D eigenvalue weighted by Crippen LogP contribution is 2.32. The van der Waals surface area contributed by atoms with Gasteiger partial charge >= 0.3 is 0 Å². The average Bonchev–Trinajstić information content (AvgIpc) is 2.81. The van der Waals surface area contributed by atoms with E-state index < -0.39 is 17.5 Å². The number of nitrogens with one attached hydrogen (secondary N) is 1. The quantitative estimate of drug-likeness (QED) is 0.762. The summed E-state index contributed by atoms with van der Waals surface area (Å²) >= 11 is 1.15. The molecule has 0 bridgehead atoms. The van der Waals surface area contributed by atoms with E-state index in [0.717, 1.165) is 34.2 Å². The summed E-state index contributed by atoms with van der Waals surface area (Å²) in [5.41, 5.74) is 6.40. The summed E-state index contributed by atoms with van der Waals surface area (Å²) < 4.78 is 27.4. The van der Waals surface area contributed by atoms with Crippen LogP contribution in [-0.4, -0.2) is 10.9 Å². The molecule has 1 amide bonds. The molecule has 3 rings (SSSR count). The van der Waals surface area contributed by atoms with Crippen molar-refractivity contribution in [2.75, 3.05) is 11.1 Å². The molecule has 2 heterocycles. The van der Waals surface area contributed by atoms with E-state index in [1.807, 2.05) is 0 Å². The van der Waals surface area contributed by atoms with Gasteiger partial charge in [-0.1, -0.05) is 0 Å². The molecule has 1 aromatic carbocycles. The Labute approximate surface area is 122 Å². The molecule has 0 aliphatic rings. The topological polar surface area (TPSA) is 68.0 Å². The Morgan fingerprint density at radius 1 is 1.29 bits per heavy atom. The predicted octanol–water partition coefficient (Wildman–Crippen LogP) is 3.41. The molecule has 0 aliphatic heterocycles. The molecule has 0 unspecified atom stereocenters. The van der Waals surface area contributed by atoms with Crippen LogP contribution >= 0.6 is 11.3 Å². The summed E-state index contributed by atoms with van der Waals surface area (Å²) in [5.74, 6) is -1.96. The molecular formula is C14H9F2N3OS. The standard InChI is InChI=1S/C14H9F2N3OS/c15-7-3-4-8(16)9(6-7)19-14(20)13-11(17)12-10(21-13)2-1-5-18-12/h1-6H,17H2,(H,19,20). The number of aromatic nitrogens is 1. The maximum atomic E-state index is 13.5. The number of nitrogen functional groups attached to an aromatic ring is 1. The summed E-state index contributed by atoms with van der Waals surface area (Å²) in [6.45, 7) is 0. The van der Waals surface area contributed by atoms with Crippen LogP contribution in [0.1, 0.15) is 9.67 Å². The van der Waals surface area contributed by atoms with Gasteiger partial charge in [-0.2, -0.15) is 0 Å².